The molecule has 0 spiro atoms. The highest BCUT2D eigenvalue weighted by Gasteiger charge is 2.31. The number of carbonyl (C=O) groups is 2. The van der Waals surface area contributed by atoms with Crippen molar-refractivity contribution in [3.05, 3.63) is 16.0 Å². The van der Waals surface area contributed by atoms with Crippen molar-refractivity contribution in [2.45, 2.75) is 39.0 Å². The molecule has 2 heterocycles. The molecule has 1 fully saturated rings. The first-order chi connectivity index (χ1) is 11.8. The van der Waals surface area contributed by atoms with Gasteiger partial charge in [-0.3, -0.25) is 4.79 Å². The molecule has 1 saturated heterocycles. The molecule has 0 radical (unpaired) electrons. The molecule has 1 aromatic rings. The number of sulfone groups is 1. The first-order valence-corrected chi connectivity index (χ1v) is 11.2. The van der Waals surface area contributed by atoms with Gasteiger partial charge in [0.25, 0.3) is 0 Å². The summed E-state index contributed by atoms with van der Waals surface area (Å²) in [4.78, 5) is 25.7. The Hall–Kier alpha value is -1.41. The maximum absolute atomic E-state index is 12.4. The monoisotopic (exact) mass is 385 g/mol. The lowest BCUT2D eigenvalue weighted by Gasteiger charge is -2.18. The number of amides is 1. The van der Waals surface area contributed by atoms with Crippen LogP contribution in [0, 0.1) is 11.8 Å². The summed E-state index contributed by atoms with van der Waals surface area (Å²) in [7, 11) is -1.66. The molecular weight excluding hydrogens is 362 g/mol. The number of hydrogen-bond acceptors (Lipinski definition) is 6. The highest BCUT2D eigenvalue weighted by Crippen LogP contribution is 2.40. The number of rotatable bonds is 4. The van der Waals surface area contributed by atoms with Crippen LogP contribution in [0.3, 0.4) is 0 Å². The van der Waals surface area contributed by atoms with E-state index in [4.69, 9.17) is 4.74 Å². The van der Waals surface area contributed by atoms with Gasteiger partial charge in [0, 0.05) is 11.3 Å². The van der Waals surface area contributed by atoms with Crippen LogP contribution in [0.2, 0.25) is 0 Å². The van der Waals surface area contributed by atoms with E-state index < -0.39 is 15.8 Å². The summed E-state index contributed by atoms with van der Waals surface area (Å²) in [5.41, 5.74) is 1.47. The van der Waals surface area contributed by atoms with E-state index in [1.54, 1.807) is 0 Å². The van der Waals surface area contributed by atoms with Gasteiger partial charge in [-0.05, 0) is 43.1 Å². The molecule has 138 valence electrons. The van der Waals surface area contributed by atoms with Gasteiger partial charge in [0.15, 0.2) is 9.84 Å². The van der Waals surface area contributed by atoms with Crippen molar-refractivity contribution in [3.8, 4) is 0 Å². The van der Waals surface area contributed by atoms with E-state index in [0.29, 0.717) is 22.9 Å². The number of thiophene rings is 1. The van der Waals surface area contributed by atoms with Gasteiger partial charge in [-0.2, -0.15) is 0 Å². The Bertz CT molecular complexity index is 796. The van der Waals surface area contributed by atoms with Gasteiger partial charge in [-0.15, -0.1) is 11.3 Å². The summed E-state index contributed by atoms with van der Waals surface area (Å²) in [6.07, 6.45) is 3.42. The summed E-state index contributed by atoms with van der Waals surface area (Å²) >= 11 is 1.44. The second kappa shape index (κ2) is 7.07. The molecule has 1 aromatic heterocycles. The third kappa shape index (κ3) is 4.06. The average molecular weight is 386 g/mol. The molecular formula is C17H23NO5S2. The van der Waals surface area contributed by atoms with Crippen molar-refractivity contribution in [1.29, 1.82) is 0 Å². The van der Waals surface area contributed by atoms with Crippen molar-refractivity contribution in [1.82, 2.24) is 0 Å². The standard InChI is InChI=1S/C17H23NO5S2/c1-10-3-4-12-13(7-10)24-16(15(12)17(20)23-2)18-14(19)8-11-5-6-25(21,22)9-11/h10-11H,3-9H2,1-2H3,(H,18,19)/t10-,11-/m0/s1. The zero-order valence-corrected chi connectivity index (χ0v) is 16.1. The minimum atomic E-state index is -3.00. The Kier molecular flexibility index (Phi) is 5.20. The molecule has 3 rings (SSSR count). The Morgan fingerprint density at radius 1 is 1.32 bits per heavy atom. The number of methoxy groups -OCH3 is 1. The zero-order valence-electron chi connectivity index (χ0n) is 14.5. The fraction of sp³-hybridized carbons (Fsp3) is 0.647. The van der Waals surface area contributed by atoms with E-state index in [1.807, 2.05) is 0 Å². The summed E-state index contributed by atoms with van der Waals surface area (Å²) in [5.74, 6) is -0.0125. The summed E-state index contributed by atoms with van der Waals surface area (Å²) in [5, 5.41) is 3.37. The molecule has 0 saturated carbocycles. The fourth-order valence-electron chi connectivity index (χ4n) is 3.63. The number of esters is 1. The molecule has 2 aliphatic rings. The molecule has 0 bridgehead atoms. The van der Waals surface area contributed by atoms with Gasteiger partial charge in [-0.25, -0.2) is 13.2 Å². The summed E-state index contributed by atoms with van der Waals surface area (Å²) in [6.45, 7) is 2.18. The summed E-state index contributed by atoms with van der Waals surface area (Å²) in [6, 6.07) is 0. The van der Waals surface area contributed by atoms with Crippen LogP contribution in [0.15, 0.2) is 0 Å². The molecule has 1 aliphatic heterocycles. The van der Waals surface area contributed by atoms with Gasteiger partial charge in [0.2, 0.25) is 5.91 Å². The van der Waals surface area contributed by atoms with Crippen molar-refractivity contribution in [2.24, 2.45) is 11.8 Å². The Morgan fingerprint density at radius 2 is 2.08 bits per heavy atom. The van der Waals surface area contributed by atoms with Crippen LogP contribution in [-0.2, 0) is 32.2 Å². The highest BCUT2D eigenvalue weighted by molar-refractivity contribution is 7.91. The van der Waals surface area contributed by atoms with E-state index in [-0.39, 0.29) is 29.8 Å². The van der Waals surface area contributed by atoms with Gasteiger partial charge in [0.1, 0.15) is 5.00 Å². The second-order valence-corrected chi connectivity index (χ2v) is 10.4. The third-order valence-electron chi connectivity index (χ3n) is 4.95. The van der Waals surface area contributed by atoms with Gasteiger partial charge >= 0.3 is 5.97 Å². The number of nitrogens with one attached hydrogen (secondary N) is 1. The van der Waals surface area contributed by atoms with Crippen LogP contribution < -0.4 is 5.32 Å². The minimum absolute atomic E-state index is 0.0722. The number of carbonyl (C=O) groups excluding carboxylic acids is 2. The van der Waals surface area contributed by atoms with E-state index in [9.17, 15) is 18.0 Å². The smallest absolute Gasteiger partial charge is 0.341 e. The molecule has 0 aromatic carbocycles. The van der Waals surface area contributed by atoms with Gasteiger partial charge in [0.05, 0.1) is 24.2 Å². The number of anilines is 1. The highest BCUT2D eigenvalue weighted by atomic mass is 32.2. The van der Waals surface area contributed by atoms with E-state index in [0.717, 1.165) is 29.7 Å². The normalized spacial score (nSPS) is 24.6. The van der Waals surface area contributed by atoms with Crippen LogP contribution in [0.4, 0.5) is 5.00 Å². The lowest BCUT2D eigenvalue weighted by molar-refractivity contribution is -0.116. The van der Waals surface area contributed by atoms with E-state index in [2.05, 4.69) is 12.2 Å². The molecule has 1 amide bonds. The second-order valence-electron chi connectivity index (χ2n) is 7.07. The maximum Gasteiger partial charge on any atom is 0.341 e. The molecule has 1 aliphatic carbocycles. The van der Waals surface area contributed by atoms with Crippen LogP contribution >= 0.6 is 11.3 Å². The lowest BCUT2D eigenvalue weighted by Crippen LogP contribution is -2.19. The molecule has 1 N–H and O–H groups in total. The van der Waals surface area contributed by atoms with Crippen LogP contribution in [-0.4, -0.2) is 38.9 Å². The fourth-order valence-corrected chi connectivity index (χ4v) is 6.91. The maximum atomic E-state index is 12.4. The predicted octanol–water partition coefficient (Wildman–Crippen LogP) is 2.42. The molecule has 8 heteroatoms. The van der Waals surface area contributed by atoms with Crippen LogP contribution in [0.25, 0.3) is 0 Å². The van der Waals surface area contributed by atoms with E-state index in [1.165, 1.54) is 18.4 Å². The first-order valence-electron chi connectivity index (χ1n) is 8.52. The molecule has 2 atom stereocenters. The number of ether oxygens (including phenoxy) is 1. The quantitative estimate of drug-likeness (QED) is 0.804. The topological polar surface area (TPSA) is 89.5 Å². The van der Waals surface area contributed by atoms with Gasteiger partial charge in [-0.1, -0.05) is 6.92 Å². The Labute approximate surface area is 151 Å². The largest absolute Gasteiger partial charge is 0.465 e. The zero-order chi connectivity index (χ0) is 18.2. The molecule has 6 nitrogen and oxygen atoms in total. The SMILES string of the molecule is COC(=O)c1c(NC(=O)C[C@@H]2CCS(=O)(=O)C2)sc2c1CC[C@H](C)C2. The predicted molar refractivity (Wildman–Crippen MR) is 96.9 cm³/mol. The van der Waals surface area contributed by atoms with Crippen molar-refractivity contribution in [3.63, 3.8) is 0 Å². The third-order valence-corrected chi connectivity index (χ3v) is 7.96. The van der Waals surface area contributed by atoms with Crippen molar-refractivity contribution in [2.75, 3.05) is 23.9 Å². The number of fused-ring (bicyclic) bond motifs is 1. The molecule has 25 heavy (non-hydrogen) atoms. The summed E-state index contributed by atoms with van der Waals surface area (Å²) < 4.78 is 28.0. The van der Waals surface area contributed by atoms with Crippen molar-refractivity contribution < 1.29 is 22.7 Å². The minimum Gasteiger partial charge on any atom is -0.465 e. The lowest BCUT2D eigenvalue weighted by atomic mass is 9.88. The van der Waals surface area contributed by atoms with E-state index >= 15 is 0 Å². The number of hydrogen-bond donors (Lipinski definition) is 1. The average Bonchev–Trinajstić information content (AvgIpc) is 3.05. The van der Waals surface area contributed by atoms with Gasteiger partial charge < -0.3 is 10.1 Å². The Morgan fingerprint density at radius 3 is 2.72 bits per heavy atom. The van der Waals surface area contributed by atoms with Crippen LogP contribution in [0.1, 0.15) is 47.0 Å². The van der Waals surface area contributed by atoms with Crippen molar-refractivity contribution >= 4 is 38.1 Å². The van der Waals surface area contributed by atoms with Crippen LogP contribution in [0.5, 0.6) is 0 Å². The first kappa shape index (κ1) is 18.4. The molecule has 0 unspecified atom stereocenters. The Balaban J connectivity index is 1.77.